The molecule has 7 nitrogen and oxygen atoms in total. The van der Waals surface area contributed by atoms with Crippen molar-refractivity contribution in [3.05, 3.63) is 34.7 Å². The van der Waals surface area contributed by atoms with E-state index in [1.165, 1.54) is 4.90 Å². The van der Waals surface area contributed by atoms with Gasteiger partial charge in [-0.3, -0.25) is 14.5 Å². The summed E-state index contributed by atoms with van der Waals surface area (Å²) in [5.41, 5.74) is 0.694. The maximum atomic E-state index is 12.8. The van der Waals surface area contributed by atoms with Gasteiger partial charge in [0.25, 0.3) is 5.91 Å². The van der Waals surface area contributed by atoms with Gasteiger partial charge in [0.2, 0.25) is 15.9 Å². The van der Waals surface area contributed by atoms with Gasteiger partial charge < -0.3 is 10.1 Å². The van der Waals surface area contributed by atoms with Gasteiger partial charge in [0.05, 0.1) is 22.5 Å². The van der Waals surface area contributed by atoms with Crippen molar-refractivity contribution in [3.8, 4) is 5.75 Å². The number of benzene rings is 1. The third kappa shape index (κ3) is 6.30. The number of thiocarbonyl (C=S) groups is 1. The normalized spacial score (nSPS) is 22.9. The number of amides is 2. The number of rotatable bonds is 6. The smallest absolute Gasteiger partial charge is 0.266 e. The molecule has 0 spiro atoms. The Morgan fingerprint density at radius 2 is 2.03 bits per heavy atom. The van der Waals surface area contributed by atoms with Crippen molar-refractivity contribution in [2.24, 2.45) is 0 Å². The number of sulfone groups is 1. The van der Waals surface area contributed by atoms with Crippen LogP contribution in [0.25, 0.3) is 6.08 Å². The Labute approximate surface area is 210 Å². The molecule has 1 aromatic rings. The predicted octanol–water partition coefficient (Wildman–Crippen LogP) is 3.68. The van der Waals surface area contributed by atoms with Gasteiger partial charge in [-0.05, 0) is 30.2 Å². The Kier molecular flexibility index (Phi) is 8.05. The highest BCUT2D eigenvalue weighted by Gasteiger charge is 2.42. The molecule has 0 radical (unpaired) electrons. The molecule has 2 atom stereocenters. The number of alkyl halides is 3. The fraction of sp³-hybridized carbons (Fsp3) is 0.421. The minimum absolute atomic E-state index is 0.0587. The third-order valence-electron chi connectivity index (χ3n) is 4.74. The van der Waals surface area contributed by atoms with Crippen LogP contribution in [-0.4, -0.2) is 57.0 Å². The summed E-state index contributed by atoms with van der Waals surface area (Å²) in [4.78, 5) is 26.3. The van der Waals surface area contributed by atoms with Crippen molar-refractivity contribution in [2.75, 3.05) is 11.5 Å². The Hall–Kier alpha value is -1.04. The molecule has 1 aromatic carbocycles. The average molecular weight is 558 g/mol. The number of nitrogens with one attached hydrogen (secondary N) is 1. The van der Waals surface area contributed by atoms with E-state index in [0.29, 0.717) is 27.0 Å². The average Bonchev–Trinajstić information content (AvgIpc) is 3.19. The van der Waals surface area contributed by atoms with Crippen LogP contribution in [0.15, 0.2) is 29.2 Å². The topological polar surface area (TPSA) is 92.8 Å². The molecule has 2 unspecified atom stereocenters. The van der Waals surface area contributed by atoms with Gasteiger partial charge in [-0.15, -0.1) is 0 Å². The van der Waals surface area contributed by atoms with Crippen molar-refractivity contribution < 1.29 is 22.7 Å². The minimum Gasteiger partial charge on any atom is -0.466 e. The fourth-order valence-electron chi connectivity index (χ4n) is 3.13. The van der Waals surface area contributed by atoms with Gasteiger partial charge in [-0.25, -0.2) is 8.42 Å². The summed E-state index contributed by atoms with van der Waals surface area (Å²) < 4.78 is 27.6. The molecule has 2 amide bonds. The third-order valence-corrected chi connectivity index (χ3v) is 8.41. The van der Waals surface area contributed by atoms with Gasteiger partial charge >= 0.3 is 0 Å². The fourth-order valence-corrected chi connectivity index (χ4v) is 6.53. The van der Waals surface area contributed by atoms with E-state index in [0.717, 1.165) is 11.8 Å². The highest BCUT2D eigenvalue weighted by Crippen LogP contribution is 2.37. The van der Waals surface area contributed by atoms with E-state index >= 15 is 0 Å². The monoisotopic (exact) mass is 556 g/mol. The number of carbonyl (C=O) groups is 2. The van der Waals surface area contributed by atoms with Gasteiger partial charge in [0, 0.05) is 6.42 Å². The van der Waals surface area contributed by atoms with Crippen molar-refractivity contribution >= 4 is 90.8 Å². The molecule has 174 valence electrons. The molecule has 0 aliphatic carbocycles. The maximum absolute atomic E-state index is 12.8. The van der Waals surface area contributed by atoms with Gasteiger partial charge in [-0.1, -0.05) is 77.8 Å². The van der Waals surface area contributed by atoms with E-state index in [2.05, 4.69) is 5.32 Å². The van der Waals surface area contributed by atoms with Crippen LogP contribution in [0.3, 0.4) is 0 Å². The van der Waals surface area contributed by atoms with Crippen LogP contribution in [0, 0.1) is 0 Å². The lowest BCUT2D eigenvalue weighted by Gasteiger charge is -2.26. The summed E-state index contributed by atoms with van der Waals surface area (Å²) in [5, 5.41) is 2.50. The van der Waals surface area contributed by atoms with Crippen molar-refractivity contribution in [2.45, 2.75) is 35.8 Å². The Morgan fingerprint density at radius 3 is 2.56 bits per heavy atom. The zero-order chi connectivity index (χ0) is 23.7. The van der Waals surface area contributed by atoms with Crippen molar-refractivity contribution in [3.63, 3.8) is 0 Å². The van der Waals surface area contributed by atoms with E-state index in [9.17, 15) is 18.0 Å². The quantitative estimate of drug-likeness (QED) is 0.247. The standard InChI is InChI=1S/C19H19Cl3N2O5S3/c1-2-15(25)23-17(19(20,21)22)29-13-5-3-11(4-6-13)9-14-16(26)24(18(30)31-14)12-7-8-32(27,28)10-12/h3-6,9,12,17H,2,7-8,10H2,1H3,(H,23,25)/b14-9-. The van der Waals surface area contributed by atoms with E-state index in [4.69, 9.17) is 51.8 Å². The second kappa shape index (κ2) is 10.1. The molecule has 2 aliphatic rings. The summed E-state index contributed by atoms with van der Waals surface area (Å²) in [6.45, 7) is 1.66. The number of carbonyl (C=O) groups excluding carboxylic acids is 2. The Morgan fingerprint density at radius 1 is 1.38 bits per heavy atom. The van der Waals surface area contributed by atoms with Crippen LogP contribution in [0.2, 0.25) is 0 Å². The van der Waals surface area contributed by atoms with E-state index in [1.807, 2.05) is 0 Å². The molecule has 2 saturated heterocycles. The number of halogens is 3. The SMILES string of the molecule is CCC(=O)NC(Oc1ccc(/C=C2\SC(=S)N(C3CCS(=O)(=O)C3)C2=O)cc1)C(Cl)(Cl)Cl. The molecule has 2 aliphatic heterocycles. The van der Waals surface area contributed by atoms with Crippen LogP contribution in [0.1, 0.15) is 25.3 Å². The first-order chi connectivity index (χ1) is 14.9. The van der Waals surface area contributed by atoms with Gasteiger partial charge in [-0.2, -0.15) is 0 Å². The summed E-state index contributed by atoms with van der Waals surface area (Å²) in [5.74, 6) is -0.310. The Bertz CT molecular complexity index is 1050. The van der Waals surface area contributed by atoms with E-state index < -0.39 is 25.9 Å². The lowest BCUT2D eigenvalue weighted by molar-refractivity contribution is -0.124. The highest BCUT2D eigenvalue weighted by atomic mass is 35.6. The first-order valence-electron chi connectivity index (χ1n) is 9.50. The van der Waals surface area contributed by atoms with Crippen LogP contribution < -0.4 is 10.1 Å². The molecule has 0 bridgehead atoms. The molecule has 0 saturated carbocycles. The summed E-state index contributed by atoms with van der Waals surface area (Å²) in [6, 6.07) is 6.18. The van der Waals surface area contributed by atoms with Crippen molar-refractivity contribution in [1.29, 1.82) is 0 Å². The molecule has 2 fully saturated rings. The molecular weight excluding hydrogens is 539 g/mol. The first kappa shape index (κ1) is 25.6. The second-order valence-electron chi connectivity index (χ2n) is 7.14. The molecule has 13 heteroatoms. The minimum atomic E-state index is -3.14. The number of nitrogens with zero attached hydrogens (tertiary/aromatic N) is 1. The van der Waals surface area contributed by atoms with Crippen LogP contribution >= 0.6 is 58.8 Å². The van der Waals surface area contributed by atoms with E-state index in [-0.39, 0.29) is 29.7 Å². The van der Waals surface area contributed by atoms with E-state index in [1.54, 1.807) is 37.3 Å². The maximum Gasteiger partial charge on any atom is 0.266 e. The zero-order valence-electron chi connectivity index (χ0n) is 16.7. The number of ether oxygens (including phenoxy) is 1. The molecule has 2 heterocycles. The number of hydrogen-bond donors (Lipinski definition) is 1. The molecule has 1 N–H and O–H groups in total. The Balaban J connectivity index is 1.71. The lowest BCUT2D eigenvalue weighted by atomic mass is 10.2. The number of thioether (sulfide) groups is 1. The number of hydrogen-bond acceptors (Lipinski definition) is 7. The van der Waals surface area contributed by atoms with Gasteiger partial charge in [0.1, 0.15) is 10.1 Å². The molecule has 3 rings (SSSR count). The summed E-state index contributed by atoms with van der Waals surface area (Å²) in [6.07, 6.45) is 1.06. The first-order valence-corrected chi connectivity index (χ1v) is 13.7. The van der Waals surface area contributed by atoms with Crippen LogP contribution in [0.4, 0.5) is 0 Å². The highest BCUT2D eigenvalue weighted by molar-refractivity contribution is 8.26. The molecule has 32 heavy (non-hydrogen) atoms. The largest absolute Gasteiger partial charge is 0.466 e. The van der Waals surface area contributed by atoms with Gasteiger partial charge in [0.15, 0.2) is 9.84 Å². The second-order valence-corrected chi connectivity index (χ2v) is 13.4. The summed E-state index contributed by atoms with van der Waals surface area (Å²) in [7, 11) is -3.14. The summed E-state index contributed by atoms with van der Waals surface area (Å²) >= 11 is 24.1. The lowest BCUT2D eigenvalue weighted by Crippen LogP contribution is -2.47. The zero-order valence-corrected chi connectivity index (χ0v) is 21.4. The van der Waals surface area contributed by atoms with Crippen LogP contribution in [0.5, 0.6) is 5.75 Å². The van der Waals surface area contributed by atoms with Crippen molar-refractivity contribution in [1.82, 2.24) is 10.2 Å². The molecule has 0 aromatic heterocycles. The molecular formula is C19H19Cl3N2O5S3. The predicted molar refractivity (Wildman–Crippen MR) is 132 cm³/mol. The van der Waals surface area contributed by atoms with Crippen LogP contribution in [-0.2, 0) is 19.4 Å².